The summed E-state index contributed by atoms with van der Waals surface area (Å²) in [5.74, 6) is -0.324. The van der Waals surface area contributed by atoms with Gasteiger partial charge in [0.05, 0.1) is 4.88 Å². The molecule has 4 aromatic rings. The number of primary amides is 1. The Morgan fingerprint density at radius 2 is 1.97 bits per heavy atom. The van der Waals surface area contributed by atoms with Crippen LogP contribution in [-0.2, 0) is 34.5 Å². The minimum atomic E-state index is -4.58. The van der Waals surface area contributed by atoms with Gasteiger partial charge in [-0.3, -0.25) is 14.2 Å². The van der Waals surface area contributed by atoms with Crippen molar-refractivity contribution in [2.24, 2.45) is 12.8 Å². The standard InChI is InChI=1S/C20H18F3N5O3S2/c1-28-16(20(21,22)23)10-14(26-28)15-7-9-18(32-15)33(30,31)27-19-12(6-8-17(24)29)11-4-2-3-5-13(11)25-19/h2-5,7,9-10,25,27H,6,8H2,1H3,(H2,24,29). The zero-order valence-corrected chi connectivity index (χ0v) is 18.7. The first kappa shape index (κ1) is 22.9. The lowest BCUT2D eigenvalue weighted by atomic mass is 10.1. The van der Waals surface area contributed by atoms with Crippen LogP contribution >= 0.6 is 11.3 Å². The second kappa shape index (κ2) is 8.23. The van der Waals surface area contributed by atoms with Gasteiger partial charge in [-0.1, -0.05) is 18.2 Å². The minimum Gasteiger partial charge on any atom is -0.370 e. The Labute approximate surface area is 190 Å². The van der Waals surface area contributed by atoms with Crippen molar-refractivity contribution >= 4 is 44.0 Å². The molecule has 0 bridgehead atoms. The van der Waals surface area contributed by atoms with E-state index < -0.39 is 27.8 Å². The van der Waals surface area contributed by atoms with E-state index in [0.29, 0.717) is 15.8 Å². The molecule has 0 saturated heterocycles. The molecule has 8 nitrogen and oxygen atoms in total. The lowest BCUT2D eigenvalue weighted by molar-refractivity contribution is -0.143. The van der Waals surface area contributed by atoms with Gasteiger partial charge < -0.3 is 10.7 Å². The number of benzene rings is 1. The Balaban J connectivity index is 1.66. The third-order valence-corrected chi connectivity index (χ3v) is 7.89. The van der Waals surface area contributed by atoms with Crippen LogP contribution in [0.4, 0.5) is 19.0 Å². The second-order valence-electron chi connectivity index (χ2n) is 7.25. The Morgan fingerprint density at radius 1 is 1.24 bits per heavy atom. The number of aromatic nitrogens is 3. The third-order valence-electron chi connectivity index (χ3n) is 4.94. The third kappa shape index (κ3) is 4.59. The van der Waals surface area contributed by atoms with Gasteiger partial charge in [0.2, 0.25) is 5.91 Å². The molecule has 0 saturated carbocycles. The van der Waals surface area contributed by atoms with Gasteiger partial charge >= 0.3 is 6.18 Å². The van der Waals surface area contributed by atoms with Gasteiger partial charge in [-0.2, -0.15) is 18.3 Å². The zero-order valence-electron chi connectivity index (χ0n) is 17.1. The Morgan fingerprint density at radius 3 is 2.64 bits per heavy atom. The average molecular weight is 498 g/mol. The summed E-state index contributed by atoms with van der Waals surface area (Å²) in [6.07, 6.45) is -4.33. The fourth-order valence-electron chi connectivity index (χ4n) is 3.43. The number of hydrogen-bond donors (Lipinski definition) is 3. The number of aryl methyl sites for hydroxylation is 2. The number of amides is 1. The van der Waals surface area contributed by atoms with E-state index in [2.05, 4.69) is 14.8 Å². The number of carbonyl (C=O) groups excluding carboxylic acids is 1. The molecule has 33 heavy (non-hydrogen) atoms. The van der Waals surface area contributed by atoms with Gasteiger partial charge in [-0.25, -0.2) is 8.42 Å². The second-order valence-corrected chi connectivity index (χ2v) is 10.2. The minimum absolute atomic E-state index is 0.0176. The summed E-state index contributed by atoms with van der Waals surface area (Å²) in [7, 11) is -2.91. The number of para-hydroxylation sites is 1. The fraction of sp³-hybridized carbons (Fsp3) is 0.200. The first-order valence-corrected chi connectivity index (χ1v) is 11.9. The lowest BCUT2D eigenvalue weighted by Crippen LogP contribution is -2.14. The van der Waals surface area contributed by atoms with Gasteiger partial charge in [0.15, 0.2) is 0 Å². The largest absolute Gasteiger partial charge is 0.433 e. The van der Waals surface area contributed by atoms with Crippen LogP contribution in [0.2, 0.25) is 0 Å². The molecule has 0 aliphatic heterocycles. The first-order chi connectivity index (χ1) is 15.5. The highest BCUT2D eigenvalue weighted by atomic mass is 32.2. The van der Waals surface area contributed by atoms with Gasteiger partial charge in [-0.05, 0) is 30.7 Å². The Hall–Kier alpha value is -3.32. The molecule has 4 rings (SSSR count). The highest BCUT2D eigenvalue weighted by molar-refractivity contribution is 7.94. The summed E-state index contributed by atoms with van der Waals surface area (Å²) in [6, 6.07) is 10.7. The lowest BCUT2D eigenvalue weighted by Gasteiger charge is -2.07. The van der Waals surface area contributed by atoms with Crippen molar-refractivity contribution < 1.29 is 26.4 Å². The smallest absolute Gasteiger partial charge is 0.370 e. The molecule has 1 amide bonds. The van der Waals surface area contributed by atoms with E-state index in [0.717, 1.165) is 22.8 Å². The van der Waals surface area contributed by atoms with E-state index in [4.69, 9.17) is 5.73 Å². The molecule has 0 atom stereocenters. The number of rotatable bonds is 7. The van der Waals surface area contributed by atoms with Gasteiger partial charge in [-0.15, -0.1) is 11.3 Å². The van der Waals surface area contributed by atoms with E-state index >= 15 is 0 Å². The Bertz CT molecular complexity index is 1450. The van der Waals surface area contributed by atoms with Crippen molar-refractivity contribution in [1.29, 1.82) is 0 Å². The van der Waals surface area contributed by atoms with Crippen molar-refractivity contribution in [3.8, 4) is 10.6 Å². The first-order valence-electron chi connectivity index (χ1n) is 9.58. The van der Waals surface area contributed by atoms with E-state index in [1.54, 1.807) is 24.3 Å². The van der Waals surface area contributed by atoms with Gasteiger partial charge in [0, 0.05) is 29.9 Å². The molecule has 0 fully saturated rings. The summed E-state index contributed by atoms with van der Waals surface area (Å²) in [6.45, 7) is 0. The molecule has 174 valence electrons. The molecule has 3 aromatic heterocycles. The number of carbonyl (C=O) groups is 1. The summed E-state index contributed by atoms with van der Waals surface area (Å²) in [5, 5.41) is 4.60. The van der Waals surface area contributed by atoms with E-state index in [-0.39, 0.29) is 33.4 Å². The number of nitrogens with zero attached hydrogens (tertiary/aromatic N) is 2. The van der Waals surface area contributed by atoms with E-state index in [9.17, 15) is 26.4 Å². The fourth-order valence-corrected chi connectivity index (χ4v) is 5.75. The van der Waals surface area contributed by atoms with Crippen LogP contribution in [0.3, 0.4) is 0 Å². The summed E-state index contributed by atoms with van der Waals surface area (Å²) < 4.78 is 68.3. The molecule has 0 aliphatic carbocycles. The number of fused-ring (bicyclic) bond motifs is 1. The maximum Gasteiger partial charge on any atom is 0.433 e. The maximum atomic E-state index is 13.1. The van der Waals surface area contributed by atoms with Crippen LogP contribution < -0.4 is 10.5 Å². The highest BCUT2D eigenvalue weighted by Crippen LogP contribution is 2.36. The summed E-state index contributed by atoms with van der Waals surface area (Å²) in [4.78, 5) is 14.5. The predicted octanol–water partition coefficient (Wildman–Crippen LogP) is 3.87. The molecular formula is C20H18F3N5O3S2. The molecular weight excluding hydrogens is 479 g/mol. The average Bonchev–Trinajstić information content (AvgIpc) is 3.42. The number of thiophene rings is 1. The molecule has 0 radical (unpaired) electrons. The quantitative estimate of drug-likeness (QED) is 0.359. The van der Waals surface area contributed by atoms with Crippen molar-refractivity contribution in [3.63, 3.8) is 0 Å². The van der Waals surface area contributed by atoms with Crippen LogP contribution in [0.25, 0.3) is 21.5 Å². The molecule has 3 heterocycles. The van der Waals surface area contributed by atoms with Crippen LogP contribution in [0.1, 0.15) is 17.7 Å². The molecule has 1 aromatic carbocycles. The van der Waals surface area contributed by atoms with Crippen LogP contribution in [0.15, 0.2) is 46.7 Å². The predicted molar refractivity (Wildman–Crippen MR) is 118 cm³/mol. The van der Waals surface area contributed by atoms with Crippen molar-refractivity contribution in [2.75, 3.05) is 4.72 Å². The number of anilines is 1. The van der Waals surface area contributed by atoms with Crippen molar-refractivity contribution in [1.82, 2.24) is 14.8 Å². The summed E-state index contributed by atoms with van der Waals surface area (Å²) in [5.41, 5.74) is 5.60. The van der Waals surface area contributed by atoms with Gasteiger partial charge in [0.1, 0.15) is 21.4 Å². The number of nitrogens with one attached hydrogen (secondary N) is 2. The topological polar surface area (TPSA) is 123 Å². The highest BCUT2D eigenvalue weighted by Gasteiger charge is 2.35. The number of H-pyrrole nitrogens is 1. The zero-order chi connectivity index (χ0) is 24.0. The number of hydrogen-bond acceptors (Lipinski definition) is 5. The van der Waals surface area contributed by atoms with E-state index in [1.165, 1.54) is 19.2 Å². The molecule has 13 heteroatoms. The number of aromatic amines is 1. The van der Waals surface area contributed by atoms with Crippen LogP contribution in [0, 0.1) is 0 Å². The molecule has 0 unspecified atom stereocenters. The SMILES string of the molecule is Cn1nc(-c2ccc(S(=O)(=O)Nc3[nH]c4ccccc4c3CCC(N)=O)s2)cc1C(F)(F)F. The maximum absolute atomic E-state index is 13.1. The van der Waals surface area contributed by atoms with Crippen molar-refractivity contribution in [2.45, 2.75) is 23.2 Å². The van der Waals surface area contributed by atoms with Crippen LogP contribution in [0.5, 0.6) is 0 Å². The molecule has 4 N–H and O–H groups in total. The molecule has 0 spiro atoms. The summed E-state index contributed by atoms with van der Waals surface area (Å²) >= 11 is 0.794. The molecule has 0 aliphatic rings. The number of alkyl halides is 3. The van der Waals surface area contributed by atoms with E-state index in [1.807, 2.05) is 0 Å². The number of nitrogens with two attached hydrogens (primary N) is 1. The monoisotopic (exact) mass is 497 g/mol. The van der Waals surface area contributed by atoms with Crippen molar-refractivity contribution in [3.05, 3.63) is 53.7 Å². The van der Waals surface area contributed by atoms with Gasteiger partial charge in [0.25, 0.3) is 10.0 Å². The van der Waals surface area contributed by atoms with Crippen LogP contribution in [-0.4, -0.2) is 29.1 Å². The number of sulfonamides is 1. The normalized spacial score (nSPS) is 12.4. The Kier molecular flexibility index (Phi) is 5.70. The number of halogens is 3.